The topological polar surface area (TPSA) is 56.0 Å². The van der Waals surface area contributed by atoms with E-state index in [0.717, 1.165) is 17.6 Å². The van der Waals surface area contributed by atoms with Crippen molar-refractivity contribution in [2.24, 2.45) is 0 Å². The summed E-state index contributed by atoms with van der Waals surface area (Å²) >= 11 is 0. The van der Waals surface area contributed by atoms with Crippen LogP contribution in [0.3, 0.4) is 0 Å². The Kier molecular flexibility index (Phi) is 2.79. The summed E-state index contributed by atoms with van der Waals surface area (Å²) in [5.74, 6) is 0.624. The number of para-hydroxylation sites is 2. The first-order valence-electron chi connectivity index (χ1n) is 7.47. The summed E-state index contributed by atoms with van der Waals surface area (Å²) in [5, 5.41) is 4.37. The van der Waals surface area contributed by atoms with Crippen LogP contribution in [0.4, 0.5) is 5.95 Å². The number of rotatable bonds is 2. The number of hydrogen-bond donors (Lipinski definition) is 0. The van der Waals surface area contributed by atoms with E-state index in [9.17, 15) is 4.79 Å². The van der Waals surface area contributed by atoms with Gasteiger partial charge in [0.2, 0.25) is 5.95 Å². The van der Waals surface area contributed by atoms with Gasteiger partial charge in [0.05, 0.1) is 11.0 Å². The van der Waals surface area contributed by atoms with Crippen LogP contribution in [-0.2, 0) is 6.54 Å². The average molecular weight is 295 g/mol. The van der Waals surface area contributed by atoms with Gasteiger partial charge in [-0.2, -0.15) is 5.10 Å². The van der Waals surface area contributed by atoms with E-state index in [-0.39, 0.29) is 11.9 Å². The number of imidazole rings is 1. The van der Waals surface area contributed by atoms with Crippen LogP contribution in [0.2, 0.25) is 0 Å². The van der Waals surface area contributed by atoms with E-state index < -0.39 is 0 Å². The van der Waals surface area contributed by atoms with Gasteiger partial charge in [0, 0.05) is 25.3 Å². The zero-order chi connectivity index (χ0) is 15.3. The number of amides is 1. The lowest BCUT2D eigenvalue weighted by Gasteiger charge is -2.12. The van der Waals surface area contributed by atoms with Crippen LogP contribution in [0.15, 0.2) is 36.5 Å². The summed E-state index contributed by atoms with van der Waals surface area (Å²) in [4.78, 5) is 19.0. The molecule has 0 unspecified atom stereocenters. The number of fused-ring (bicyclic) bond motifs is 3. The van der Waals surface area contributed by atoms with Crippen molar-refractivity contribution in [1.29, 1.82) is 0 Å². The van der Waals surface area contributed by atoms with Crippen LogP contribution in [0.1, 0.15) is 30.4 Å². The molecule has 0 saturated carbocycles. The Bertz CT molecular complexity index is 860. The van der Waals surface area contributed by atoms with E-state index in [4.69, 9.17) is 0 Å². The van der Waals surface area contributed by atoms with Gasteiger partial charge in [-0.05, 0) is 32.0 Å². The Hall–Kier alpha value is -2.63. The minimum absolute atomic E-state index is 0.0894. The lowest BCUT2D eigenvalue weighted by molar-refractivity contribution is 0.0983. The van der Waals surface area contributed by atoms with Gasteiger partial charge in [-0.15, -0.1) is 0 Å². The molecule has 0 radical (unpaired) electrons. The second-order valence-corrected chi connectivity index (χ2v) is 5.78. The third-order valence-corrected chi connectivity index (χ3v) is 4.02. The van der Waals surface area contributed by atoms with Crippen LogP contribution in [0.25, 0.3) is 11.0 Å². The smallest absolute Gasteiger partial charge is 0.281 e. The zero-order valence-electron chi connectivity index (χ0n) is 12.6. The van der Waals surface area contributed by atoms with Crippen molar-refractivity contribution in [3.05, 3.63) is 42.2 Å². The molecule has 6 nitrogen and oxygen atoms in total. The van der Waals surface area contributed by atoms with E-state index in [1.807, 2.05) is 44.3 Å². The van der Waals surface area contributed by atoms with Crippen LogP contribution in [0.5, 0.6) is 0 Å². The summed E-state index contributed by atoms with van der Waals surface area (Å²) in [7, 11) is 0. The molecule has 1 aliphatic rings. The fraction of sp³-hybridized carbons (Fsp3) is 0.312. The van der Waals surface area contributed by atoms with Crippen LogP contribution >= 0.6 is 0 Å². The Morgan fingerprint density at radius 3 is 2.77 bits per heavy atom. The summed E-state index contributed by atoms with van der Waals surface area (Å²) in [6, 6.07) is 9.97. The lowest BCUT2D eigenvalue weighted by Crippen LogP contribution is -2.30. The summed E-state index contributed by atoms with van der Waals surface area (Å²) in [6.07, 6.45) is 1.84. The molecule has 112 valence electrons. The molecule has 0 atom stereocenters. The molecule has 0 bridgehead atoms. The third-order valence-electron chi connectivity index (χ3n) is 4.02. The molecule has 0 saturated heterocycles. The van der Waals surface area contributed by atoms with Gasteiger partial charge in [0.1, 0.15) is 0 Å². The minimum Gasteiger partial charge on any atom is -0.308 e. The number of carbonyl (C=O) groups excluding carboxylic acids is 1. The summed E-state index contributed by atoms with van der Waals surface area (Å²) in [5.41, 5.74) is 2.46. The number of anilines is 1. The van der Waals surface area contributed by atoms with E-state index in [2.05, 4.69) is 14.6 Å². The molecule has 4 rings (SSSR count). The fourth-order valence-electron chi connectivity index (χ4n) is 2.86. The fourth-order valence-corrected chi connectivity index (χ4v) is 2.86. The average Bonchev–Trinajstić information content (AvgIpc) is 3.21. The Balaban J connectivity index is 1.71. The number of carbonyl (C=O) groups is 1. The molecule has 22 heavy (non-hydrogen) atoms. The second kappa shape index (κ2) is 4.69. The Morgan fingerprint density at radius 2 is 2.00 bits per heavy atom. The normalized spacial score (nSPS) is 14.0. The van der Waals surface area contributed by atoms with Crippen molar-refractivity contribution in [3.63, 3.8) is 0 Å². The zero-order valence-corrected chi connectivity index (χ0v) is 12.6. The van der Waals surface area contributed by atoms with Crippen LogP contribution in [0, 0.1) is 0 Å². The monoisotopic (exact) mass is 295 g/mol. The van der Waals surface area contributed by atoms with Crippen LogP contribution < -0.4 is 4.90 Å². The summed E-state index contributed by atoms with van der Waals surface area (Å²) < 4.78 is 3.89. The molecule has 6 heteroatoms. The molecule has 0 N–H and O–H groups in total. The van der Waals surface area contributed by atoms with Gasteiger partial charge < -0.3 is 4.57 Å². The van der Waals surface area contributed by atoms with Crippen LogP contribution in [-0.4, -0.2) is 31.8 Å². The highest BCUT2D eigenvalue weighted by Crippen LogP contribution is 2.28. The SMILES string of the molecule is CC(C)n1ccc(C(=O)N2CCn3c2nc2ccccc23)n1. The molecule has 0 fully saturated rings. The van der Waals surface area contributed by atoms with E-state index in [1.165, 1.54) is 0 Å². The van der Waals surface area contributed by atoms with Crippen molar-refractivity contribution < 1.29 is 4.79 Å². The molecule has 2 aromatic heterocycles. The van der Waals surface area contributed by atoms with Gasteiger partial charge in [0.25, 0.3) is 5.91 Å². The number of benzene rings is 1. The van der Waals surface area contributed by atoms with Gasteiger partial charge in [-0.1, -0.05) is 12.1 Å². The molecule has 1 amide bonds. The molecule has 1 aliphatic heterocycles. The van der Waals surface area contributed by atoms with E-state index >= 15 is 0 Å². The predicted molar refractivity (Wildman–Crippen MR) is 84.0 cm³/mol. The minimum atomic E-state index is -0.0894. The Morgan fingerprint density at radius 1 is 1.18 bits per heavy atom. The molecule has 0 spiro atoms. The second-order valence-electron chi connectivity index (χ2n) is 5.78. The number of nitrogens with zero attached hydrogens (tertiary/aromatic N) is 5. The third kappa shape index (κ3) is 1.83. The van der Waals surface area contributed by atoms with Gasteiger partial charge in [-0.3, -0.25) is 14.4 Å². The van der Waals surface area contributed by atoms with Crippen molar-refractivity contribution >= 4 is 22.9 Å². The van der Waals surface area contributed by atoms with Crippen molar-refractivity contribution in [3.8, 4) is 0 Å². The van der Waals surface area contributed by atoms with E-state index in [1.54, 1.807) is 15.6 Å². The number of hydrogen-bond acceptors (Lipinski definition) is 3. The predicted octanol–water partition coefficient (Wildman–Crippen LogP) is 2.47. The maximum atomic E-state index is 12.7. The lowest BCUT2D eigenvalue weighted by atomic mass is 10.3. The van der Waals surface area contributed by atoms with Gasteiger partial charge in [-0.25, -0.2) is 4.98 Å². The molecule has 3 aromatic rings. The van der Waals surface area contributed by atoms with Gasteiger partial charge in [0.15, 0.2) is 5.69 Å². The first-order valence-corrected chi connectivity index (χ1v) is 7.47. The largest absolute Gasteiger partial charge is 0.308 e. The highest BCUT2D eigenvalue weighted by Gasteiger charge is 2.30. The maximum Gasteiger partial charge on any atom is 0.281 e. The summed E-state index contributed by atoms with van der Waals surface area (Å²) in [6.45, 7) is 5.49. The molecular weight excluding hydrogens is 278 g/mol. The molecule has 3 heterocycles. The number of aromatic nitrogens is 4. The highest BCUT2D eigenvalue weighted by atomic mass is 16.2. The van der Waals surface area contributed by atoms with Gasteiger partial charge >= 0.3 is 0 Å². The first-order chi connectivity index (χ1) is 10.6. The van der Waals surface area contributed by atoms with Crippen molar-refractivity contribution in [2.45, 2.75) is 26.4 Å². The molecule has 0 aliphatic carbocycles. The van der Waals surface area contributed by atoms with Crippen molar-refractivity contribution in [1.82, 2.24) is 19.3 Å². The molecule has 1 aromatic carbocycles. The maximum absolute atomic E-state index is 12.7. The Labute approximate surface area is 128 Å². The quantitative estimate of drug-likeness (QED) is 0.730. The van der Waals surface area contributed by atoms with E-state index in [0.29, 0.717) is 18.2 Å². The highest BCUT2D eigenvalue weighted by molar-refractivity contribution is 6.05. The van der Waals surface area contributed by atoms with Crippen molar-refractivity contribution in [2.75, 3.05) is 11.4 Å². The standard InChI is InChI=1S/C16H17N5O/c1-11(2)21-8-7-13(18-21)15(22)20-10-9-19-14-6-4-3-5-12(14)17-16(19)20/h3-8,11H,9-10H2,1-2H3. The first kappa shape index (κ1) is 13.1. The molecular formula is C16H17N5O.